The predicted octanol–water partition coefficient (Wildman–Crippen LogP) is 3.70. The Kier molecular flexibility index (Phi) is 2.98. The molecule has 76 valence electrons. The van der Waals surface area contributed by atoms with E-state index >= 15 is 0 Å². The third-order valence-electron chi connectivity index (χ3n) is 1.81. The van der Waals surface area contributed by atoms with Gasteiger partial charge in [0.25, 0.3) is 0 Å². The van der Waals surface area contributed by atoms with Crippen molar-refractivity contribution in [3.8, 4) is 11.4 Å². The Hall–Kier alpha value is -1.00. The molecule has 0 unspecified atom stereocenters. The minimum Gasteiger partial charge on any atom is -0.236 e. The van der Waals surface area contributed by atoms with Crippen molar-refractivity contribution in [1.82, 2.24) is 9.97 Å². The van der Waals surface area contributed by atoms with E-state index in [1.165, 1.54) is 12.3 Å². The van der Waals surface area contributed by atoms with Crippen molar-refractivity contribution >= 4 is 27.5 Å². The van der Waals surface area contributed by atoms with Gasteiger partial charge in [0.1, 0.15) is 11.0 Å². The van der Waals surface area contributed by atoms with Crippen LogP contribution in [0.5, 0.6) is 0 Å². The van der Waals surface area contributed by atoms with E-state index in [1.807, 2.05) is 0 Å². The first-order chi connectivity index (χ1) is 7.18. The van der Waals surface area contributed by atoms with Gasteiger partial charge in [-0.3, -0.25) is 0 Å². The Bertz CT molecular complexity index is 505. The van der Waals surface area contributed by atoms with Crippen molar-refractivity contribution in [3.63, 3.8) is 0 Å². The van der Waals surface area contributed by atoms with Crippen LogP contribution in [0.1, 0.15) is 0 Å². The van der Waals surface area contributed by atoms with Crippen LogP contribution in [-0.4, -0.2) is 9.97 Å². The molecule has 0 radical (unpaired) electrons. The quantitative estimate of drug-likeness (QED) is 0.747. The van der Waals surface area contributed by atoms with Crippen LogP contribution in [0.4, 0.5) is 4.39 Å². The van der Waals surface area contributed by atoms with Crippen LogP contribution in [-0.2, 0) is 0 Å². The lowest BCUT2D eigenvalue weighted by Gasteiger charge is -2.03. The Morgan fingerprint density at radius 3 is 2.80 bits per heavy atom. The highest BCUT2D eigenvalue weighted by Crippen LogP contribution is 2.28. The van der Waals surface area contributed by atoms with Gasteiger partial charge in [-0.1, -0.05) is 17.7 Å². The van der Waals surface area contributed by atoms with Gasteiger partial charge in [0.2, 0.25) is 0 Å². The SMILES string of the molecule is Fc1cccc(-c2nccc(Cl)n2)c1Br. The molecule has 0 aliphatic rings. The van der Waals surface area contributed by atoms with Crippen LogP contribution in [0, 0.1) is 5.82 Å². The summed E-state index contributed by atoms with van der Waals surface area (Å²) in [5.74, 6) is 0.0463. The van der Waals surface area contributed by atoms with Gasteiger partial charge < -0.3 is 0 Å². The molecule has 0 amide bonds. The standard InChI is InChI=1S/C10H5BrClFN2/c11-9-6(2-1-3-7(9)13)10-14-5-4-8(12)15-10/h1-5H. The average Bonchev–Trinajstić information content (AvgIpc) is 2.22. The van der Waals surface area contributed by atoms with Crippen LogP contribution in [0.3, 0.4) is 0 Å². The van der Waals surface area contributed by atoms with Crippen LogP contribution < -0.4 is 0 Å². The Morgan fingerprint density at radius 1 is 1.27 bits per heavy atom. The predicted molar refractivity (Wildman–Crippen MR) is 60.1 cm³/mol. The molecule has 0 aliphatic carbocycles. The van der Waals surface area contributed by atoms with Crippen molar-refractivity contribution in [2.24, 2.45) is 0 Å². The number of hydrogen-bond donors (Lipinski definition) is 0. The second-order valence-electron chi connectivity index (χ2n) is 2.80. The highest BCUT2D eigenvalue weighted by atomic mass is 79.9. The lowest BCUT2D eigenvalue weighted by atomic mass is 10.2. The zero-order chi connectivity index (χ0) is 10.8. The van der Waals surface area contributed by atoms with E-state index in [9.17, 15) is 4.39 Å². The van der Waals surface area contributed by atoms with Gasteiger partial charge in [0, 0.05) is 11.8 Å². The highest BCUT2D eigenvalue weighted by Gasteiger charge is 2.09. The number of nitrogens with zero attached hydrogens (tertiary/aromatic N) is 2. The van der Waals surface area contributed by atoms with Crippen LogP contribution in [0.2, 0.25) is 5.15 Å². The summed E-state index contributed by atoms with van der Waals surface area (Å²) >= 11 is 8.87. The number of aromatic nitrogens is 2. The fraction of sp³-hybridized carbons (Fsp3) is 0. The van der Waals surface area contributed by atoms with Gasteiger partial charge in [-0.2, -0.15) is 0 Å². The van der Waals surface area contributed by atoms with Crippen molar-refractivity contribution in [3.05, 3.63) is 45.9 Å². The maximum absolute atomic E-state index is 13.2. The molecule has 2 rings (SSSR count). The Morgan fingerprint density at radius 2 is 2.07 bits per heavy atom. The van der Waals surface area contributed by atoms with E-state index in [1.54, 1.807) is 18.2 Å². The molecule has 0 saturated carbocycles. The molecule has 15 heavy (non-hydrogen) atoms. The third kappa shape index (κ3) is 2.16. The lowest BCUT2D eigenvalue weighted by molar-refractivity contribution is 0.621. The summed E-state index contributed by atoms with van der Waals surface area (Å²) < 4.78 is 13.6. The van der Waals surface area contributed by atoms with Crippen LogP contribution in [0.15, 0.2) is 34.9 Å². The van der Waals surface area contributed by atoms with E-state index in [2.05, 4.69) is 25.9 Å². The first-order valence-corrected chi connectivity index (χ1v) is 5.28. The van der Waals surface area contributed by atoms with Gasteiger partial charge in [-0.05, 0) is 34.1 Å². The fourth-order valence-corrected chi connectivity index (χ4v) is 1.72. The average molecular weight is 288 g/mol. The van der Waals surface area contributed by atoms with E-state index in [-0.39, 0.29) is 5.82 Å². The van der Waals surface area contributed by atoms with Gasteiger partial charge in [0.05, 0.1) is 4.47 Å². The van der Waals surface area contributed by atoms with Crippen molar-refractivity contribution < 1.29 is 4.39 Å². The van der Waals surface area contributed by atoms with Crippen molar-refractivity contribution in [1.29, 1.82) is 0 Å². The molecule has 0 bridgehead atoms. The van der Waals surface area contributed by atoms with Crippen LogP contribution in [0.25, 0.3) is 11.4 Å². The highest BCUT2D eigenvalue weighted by molar-refractivity contribution is 9.10. The maximum Gasteiger partial charge on any atom is 0.162 e. The minimum atomic E-state index is -0.351. The largest absolute Gasteiger partial charge is 0.236 e. The molecule has 0 spiro atoms. The number of rotatable bonds is 1. The summed E-state index contributed by atoms with van der Waals surface area (Å²) in [5.41, 5.74) is 0.581. The zero-order valence-electron chi connectivity index (χ0n) is 7.42. The second-order valence-corrected chi connectivity index (χ2v) is 3.98. The summed E-state index contributed by atoms with van der Waals surface area (Å²) in [6, 6.07) is 6.24. The normalized spacial score (nSPS) is 10.3. The summed E-state index contributed by atoms with van der Waals surface area (Å²) in [7, 11) is 0. The Balaban J connectivity index is 2.59. The lowest BCUT2D eigenvalue weighted by Crippen LogP contribution is -1.91. The van der Waals surface area contributed by atoms with Crippen LogP contribution >= 0.6 is 27.5 Å². The smallest absolute Gasteiger partial charge is 0.162 e. The van der Waals surface area contributed by atoms with Crippen molar-refractivity contribution in [2.75, 3.05) is 0 Å². The molecule has 0 saturated heterocycles. The summed E-state index contributed by atoms with van der Waals surface area (Å²) in [6.07, 6.45) is 1.53. The summed E-state index contributed by atoms with van der Waals surface area (Å²) in [4.78, 5) is 8.02. The number of benzene rings is 1. The molecular weight excluding hydrogens is 282 g/mol. The molecule has 0 fully saturated rings. The molecule has 1 heterocycles. The molecule has 0 atom stereocenters. The van der Waals surface area contributed by atoms with Gasteiger partial charge >= 0.3 is 0 Å². The molecule has 0 aliphatic heterocycles. The second kappa shape index (κ2) is 4.24. The molecule has 1 aromatic carbocycles. The molecule has 2 aromatic rings. The van der Waals surface area contributed by atoms with E-state index in [4.69, 9.17) is 11.6 Å². The minimum absolute atomic E-state index is 0.330. The summed E-state index contributed by atoms with van der Waals surface area (Å²) in [6.45, 7) is 0. The van der Waals surface area contributed by atoms with E-state index < -0.39 is 0 Å². The molecular formula is C10H5BrClFN2. The zero-order valence-corrected chi connectivity index (χ0v) is 9.76. The number of halogens is 3. The van der Waals surface area contributed by atoms with Crippen molar-refractivity contribution in [2.45, 2.75) is 0 Å². The first kappa shape index (κ1) is 10.5. The maximum atomic E-state index is 13.2. The molecule has 5 heteroatoms. The topological polar surface area (TPSA) is 25.8 Å². The monoisotopic (exact) mass is 286 g/mol. The summed E-state index contributed by atoms with van der Waals surface area (Å²) in [5, 5.41) is 0.330. The fourth-order valence-electron chi connectivity index (χ4n) is 1.14. The molecule has 1 aromatic heterocycles. The van der Waals surface area contributed by atoms with Gasteiger partial charge in [0.15, 0.2) is 5.82 Å². The molecule has 0 N–H and O–H groups in total. The van der Waals surface area contributed by atoms with Gasteiger partial charge in [-0.25, -0.2) is 14.4 Å². The first-order valence-electron chi connectivity index (χ1n) is 4.11. The van der Waals surface area contributed by atoms with E-state index in [0.29, 0.717) is 21.0 Å². The third-order valence-corrected chi connectivity index (χ3v) is 2.83. The van der Waals surface area contributed by atoms with E-state index in [0.717, 1.165) is 0 Å². The van der Waals surface area contributed by atoms with Gasteiger partial charge in [-0.15, -0.1) is 0 Å². The molecule has 2 nitrogen and oxygen atoms in total. The number of hydrogen-bond acceptors (Lipinski definition) is 2. The Labute approximate surface area is 99.3 Å².